The van der Waals surface area contributed by atoms with Crippen LogP contribution in [-0.4, -0.2) is 37.2 Å². The third-order valence-corrected chi connectivity index (χ3v) is 6.36. The minimum atomic E-state index is -4.56. The fraction of sp³-hybridized carbons (Fsp3) is 0.267. The van der Waals surface area contributed by atoms with Crippen molar-refractivity contribution in [3.63, 3.8) is 0 Å². The van der Waals surface area contributed by atoms with E-state index >= 15 is 0 Å². The first-order valence-corrected chi connectivity index (χ1v) is 12.6. The first-order valence-electron chi connectivity index (χ1n) is 12.6. The minimum absolute atomic E-state index is 0.0315. The van der Waals surface area contributed by atoms with Gasteiger partial charge in [0, 0.05) is 32.4 Å². The number of ether oxygens (including phenoxy) is 2. The number of rotatable bonds is 7. The standard InChI is InChI=1S/C30H27F3N2O6/c1-17(34-39-4)29-26(40-18(2)36)15-22(16-27(29)41-19(3)37)20-10-11-25(35-12-6-9-28(35)38)24(14-20)21-7-5-8-23(13-21)30(31,32)33/h5,7-8,10-11,13-16H,6,9,12H2,1-4H3/b34-17-. The van der Waals surface area contributed by atoms with E-state index in [1.807, 2.05) is 0 Å². The molecule has 1 heterocycles. The van der Waals surface area contributed by atoms with E-state index in [0.29, 0.717) is 41.8 Å². The molecule has 11 heteroatoms. The lowest BCUT2D eigenvalue weighted by atomic mass is 9.94. The summed E-state index contributed by atoms with van der Waals surface area (Å²) in [6, 6.07) is 12.9. The van der Waals surface area contributed by atoms with Gasteiger partial charge in [0.05, 0.1) is 22.5 Å². The third kappa shape index (κ3) is 6.56. The van der Waals surface area contributed by atoms with Gasteiger partial charge in [-0.3, -0.25) is 14.4 Å². The summed E-state index contributed by atoms with van der Waals surface area (Å²) in [4.78, 5) is 43.0. The van der Waals surface area contributed by atoms with E-state index in [0.717, 1.165) is 12.1 Å². The maximum atomic E-state index is 13.6. The van der Waals surface area contributed by atoms with Gasteiger partial charge < -0.3 is 19.2 Å². The Morgan fingerprint density at radius 2 is 1.54 bits per heavy atom. The average Bonchev–Trinajstić information content (AvgIpc) is 3.32. The van der Waals surface area contributed by atoms with Gasteiger partial charge in [0.15, 0.2) is 0 Å². The predicted molar refractivity (Wildman–Crippen MR) is 146 cm³/mol. The number of esters is 2. The molecule has 1 fully saturated rings. The zero-order valence-electron chi connectivity index (χ0n) is 22.8. The van der Waals surface area contributed by atoms with Crippen molar-refractivity contribution in [2.24, 2.45) is 5.16 Å². The van der Waals surface area contributed by atoms with E-state index in [1.54, 1.807) is 36.1 Å². The predicted octanol–water partition coefficient (Wildman–Crippen LogP) is 6.39. The molecule has 1 aliphatic heterocycles. The van der Waals surface area contributed by atoms with Gasteiger partial charge in [-0.25, -0.2) is 0 Å². The lowest BCUT2D eigenvalue weighted by molar-refractivity contribution is -0.137. The number of amides is 1. The molecule has 1 aliphatic rings. The van der Waals surface area contributed by atoms with Crippen molar-refractivity contribution in [3.05, 3.63) is 65.7 Å². The number of benzene rings is 3. The summed E-state index contributed by atoms with van der Waals surface area (Å²) in [5, 5.41) is 3.88. The zero-order chi connectivity index (χ0) is 29.9. The number of oxime groups is 1. The molecular weight excluding hydrogens is 541 g/mol. The van der Waals surface area contributed by atoms with Gasteiger partial charge in [0.1, 0.15) is 18.6 Å². The van der Waals surface area contributed by atoms with E-state index < -0.39 is 23.7 Å². The Morgan fingerprint density at radius 1 is 0.878 bits per heavy atom. The lowest BCUT2D eigenvalue weighted by Gasteiger charge is -2.22. The second-order valence-electron chi connectivity index (χ2n) is 9.35. The molecule has 41 heavy (non-hydrogen) atoms. The van der Waals surface area contributed by atoms with Crippen molar-refractivity contribution >= 4 is 29.2 Å². The van der Waals surface area contributed by atoms with Crippen LogP contribution >= 0.6 is 0 Å². The molecule has 4 rings (SSSR count). The summed E-state index contributed by atoms with van der Waals surface area (Å²) in [7, 11) is 1.33. The first-order chi connectivity index (χ1) is 19.4. The number of nitrogens with zero attached hydrogens (tertiary/aromatic N) is 2. The van der Waals surface area contributed by atoms with Crippen LogP contribution in [0.15, 0.2) is 59.8 Å². The molecular formula is C30H27F3N2O6. The molecule has 1 saturated heterocycles. The second kappa shape index (κ2) is 11.8. The Morgan fingerprint density at radius 3 is 2.07 bits per heavy atom. The summed E-state index contributed by atoms with van der Waals surface area (Å²) in [6.07, 6.45) is -3.60. The highest BCUT2D eigenvalue weighted by Gasteiger charge is 2.31. The van der Waals surface area contributed by atoms with Crippen LogP contribution in [0.1, 0.15) is 44.7 Å². The van der Waals surface area contributed by atoms with Gasteiger partial charge >= 0.3 is 18.1 Å². The summed E-state index contributed by atoms with van der Waals surface area (Å²) in [5.74, 6) is -1.35. The number of halogens is 3. The second-order valence-corrected chi connectivity index (χ2v) is 9.35. The molecule has 3 aromatic rings. The number of anilines is 1. The number of hydrogen-bond donors (Lipinski definition) is 0. The molecule has 8 nitrogen and oxygen atoms in total. The van der Waals surface area contributed by atoms with E-state index in [9.17, 15) is 27.6 Å². The fourth-order valence-electron chi connectivity index (χ4n) is 4.71. The maximum Gasteiger partial charge on any atom is 0.416 e. The highest BCUT2D eigenvalue weighted by Crippen LogP contribution is 2.42. The Kier molecular flexibility index (Phi) is 8.46. The monoisotopic (exact) mass is 568 g/mol. The van der Waals surface area contributed by atoms with Crippen molar-refractivity contribution < 1.29 is 41.9 Å². The van der Waals surface area contributed by atoms with Crippen LogP contribution in [0.5, 0.6) is 11.5 Å². The normalized spacial score (nSPS) is 13.8. The largest absolute Gasteiger partial charge is 0.426 e. The minimum Gasteiger partial charge on any atom is -0.426 e. The van der Waals surface area contributed by atoms with Crippen LogP contribution in [0.4, 0.5) is 18.9 Å². The Bertz CT molecular complexity index is 1510. The number of alkyl halides is 3. The summed E-state index contributed by atoms with van der Waals surface area (Å²) in [5.41, 5.74) is 1.70. The van der Waals surface area contributed by atoms with Crippen molar-refractivity contribution in [2.45, 2.75) is 39.8 Å². The molecule has 0 aliphatic carbocycles. The first kappa shape index (κ1) is 29.3. The third-order valence-electron chi connectivity index (χ3n) is 6.36. The molecule has 0 bridgehead atoms. The molecule has 214 valence electrons. The van der Waals surface area contributed by atoms with Crippen LogP contribution in [0.2, 0.25) is 0 Å². The molecule has 0 radical (unpaired) electrons. The van der Waals surface area contributed by atoms with Gasteiger partial charge in [-0.2, -0.15) is 13.2 Å². The molecule has 0 N–H and O–H groups in total. The van der Waals surface area contributed by atoms with E-state index in [1.165, 1.54) is 39.2 Å². The quantitative estimate of drug-likeness (QED) is 0.142. The van der Waals surface area contributed by atoms with Crippen LogP contribution in [0.25, 0.3) is 22.3 Å². The Labute approximate surface area is 234 Å². The fourth-order valence-corrected chi connectivity index (χ4v) is 4.71. The van der Waals surface area contributed by atoms with E-state index in [-0.39, 0.29) is 34.2 Å². The van der Waals surface area contributed by atoms with Gasteiger partial charge in [-0.1, -0.05) is 23.4 Å². The average molecular weight is 569 g/mol. The number of carbonyl (C=O) groups excluding carboxylic acids is 3. The Hall–Kier alpha value is -4.67. The van der Waals surface area contributed by atoms with Gasteiger partial charge in [0.25, 0.3) is 0 Å². The summed E-state index contributed by atoms with van der Waals surface area (Å²) < 4.78 is 51.6. The molecule has 1 amide bonds. The van der Waals surface area contributed by atoms with E-state index in [4.69, 9.17) is 14.3 Å². The van der Waals surface area contributed by atoms with Crippen molar-refractivity contribution in [1.82, 2.24) is 0 Å². The Balaban J connectivity index is 1.97. The lowest BCUT2D eigenvalue weighted by Crippen LogP contribution is -2.24. The number of carbonyl (C=O) groups is 3. The summed E-state index contributed by atoms with van der Waals surface area (Å²) in [6.45, 7) is 4.42. The molecule has 0 atom stereocenters. The molecule has 0 saturated carbocycles. The SMILES string of the molecule is CO/N=C(/C)c1c(OC(C)=O)cc(-c2ccc(N3CCCC3=O)c(-c3cccc(C(F)(F)F)c3)c2)cc1OC(C)=O. The number of hydrogen-bond acceptors (Lipinski definition) is 7. The van der Waals surface area contributed by atoms with Gasteiger partial charge in [0.2, 0.25) is 5.91 Å². The van der Waals surface area contributed by atoms with Crippen molar-refractivity contribution in [2.75, 3.05) is 18.6 Å². The van der Waals surface area contributed by atoms with Crippen LogP contribution in [0, 0.1) is 0 Å². The molecule has 3 aromatic carbocycles. The smallest absolute Gasteiger partial charge is 0.416 e. The molecule has 0 spiro atoms. The molecule has 0 unspecified atom stereocenters. The van der Waals surface area contributed by atoms with Gasteiger partial charge in [-0.15, -0.1) is 0 Å². The van der Waals surface area contributed by atoms with Crippen LogP contribution < -0.4 is 14.4 Å². The van der Waals surface area contributed by atoms with Crippen LogP contribution in [0.3, 0.4) is 0 Å². The van der Waals surface area contributed by atoms with Crippen molar-refractivity contribution in [3.8, 4) is 33.8 Å². The maximum absolute atomic E-state index is 13.6. The van der Waals surface area contributed by atoms with E-state index in [2.05, 4.69) is 5.16 Å². The highest BCUT2D eigenvalue weighted by atomic mass is 19.4. The van der Waals surface area contributed by atoms with Gasteiger partial charge in [-0.05, 0) is 66.4 Å². The van der Waals surface area contributed by atoms with Crippen molar-refractivity contribution in [1.29, 1.82) is 0 Å². The molecule has 0 aromatic heterocycles. The highest BCUT2D eigenvalue weighted by molar-refractivity contribution is 6.05. The summed E-state index contributed by atoms with van der Waals surface area (Å²) >= 11 is 0. The van der Waals surface area contributed by atoms with Crippen LogP contribution in [-0.2, 0) is 25.4 Å². The topological polar surface area (TPSA) is 94.5 Å². The zero-order valence-corrected chi connectivity index (χ0v) is 22.8.